The molecule has 2 aromatic carbocycles. The van der Waals surface area contributed by atoms with Gasteiger partial charge in [-0.3, -0.25) is 4.79 Å². The molecule has 2 rings (SSSR count). The minimum absolute atomic E-state index is 0.439. The van der Waals surface area contributed by atoms with Gasteiger partial charge in [-0.2, -0.15) is 0 Å². The molecule has 0 aliphatic rings. The molecule has 2 N–H and O–H groups in total. The summed E-state index contributed by atoms with van der Waals surface area (Å²) >= 11 is 0. The number of amides is 1. The Kier molecular flexibility index (Phi) is 4.94. The third-order valence-corrected chi connectivity index (χ3v) is 2.82. The second-order valence-electron chi connectivity index (χ2n) is 4.25. The molecule has 100 valence electrons. The predicted molar refractivity (Wildman–Crippen MR) is 81.3 cm³/mol. The maximum atomic E-state index is 10.9. The number of nitrogens with two attached hydrogens (primary N) is 1. The number of rotatable bonds is 4. The first-order valence-electron chi connectivity index (χ1n) is 6.42. The van der Waals surface area contributed by atoms with Crippen LogP contribution in [0.15, 0.2) is 54.6 Å². The second-order valence-corrected chi connectivity index (χ2v) is 4.25. The van der Waals surface area contributed by atoms with Crippen molar-refractivity contribution >= 4 is 12.1 Å². The average Bonchev–Trinajstić information content (AvgIpc) is 2.52. The Hall–Kier alpha value is -2.57. The van der Waals surface area contributed by atoms with Gasteiger partial charge in [-0.05, 0) is 36.4 Å². The first-order chi connectivity index (χ1) is 9.83. The molecule has 1 amide bonds. The van der Waals surface area contributed by atoms with Gasteiger partial charge >= 0.3 is 0 Å². The van der Waals surface area contributed by atoms with Crippen molar-refractivity contribution < 1.29 is 4.79 Å². The maximum absolute atomic E-state index is 10.9. The van der Waals surface area contributed by atoms with Crippen LogP contribution in [-0.2, 0) is 4.79 Å². The fourth-order valence-electron chi connectivity index (χ4n) is 1.78. The molecule has 0 bridgehead atoms. The average molecular weight is 264 g/mol. The highest BCUT2D eigenvalue weighted by Crippen LogP contribution is 2.13. The van der Waals surface area contributed by atoms with Crippen LogP contribution in [0.3, 0.4) is 0 Å². The molecule has 0 atom stereocenters. The molecule has 3 nitrogen and oxygen atoms in total. The highest BCUT2D eigenvalue weighted by atomic mass is 16.1. The summed E-state index contributed by atoms with van der Waals surface area (Å²) in [4.78, 5) is 12.5. The molecule has 0 radical (unpaired) electrons. The van der Waals surface area contributed by atoms with Gasteiger partial charge in [0.2, 0.25) is 6.41 Å². The Balaban J connectivity index is 2.13. The first kappa shape index (κ1) is 13.9. The van der Waals surface area contributed by atoms with Gasteiger partial charge in [0.1, 0.15) is 0 Å². The van der Waals surface area contributed by atoms with Crippen LogP contribution >= 0.6 is 0 Å². The lowest BCUT2D eigenvalue weighted by molar-refractivity contribution is -0.107. The number of hydrogen-bond donors (Lipinski definition) is 1. The van der Waals surface area contributed by atoms with Crippen LogP contribution in [0.4, 0.5) is 5.69 Å². The molecule has 0 unspecified atom stereocenters. The van der Waals surface area contributed by atoms with E-state index in [9.17, 15) is 4.79 Å². The fourth-order valence-corrected chi connectivity index (χ4v) is 1.78. The Morgan fingerprint density at radius 3 is 2.10 bits per heavy atom. The topological polar surface area (TPSA) is 46.3 Å². The second kappa shape index (κ2) is 7.13. The normalized spacial score (nSPS) is 9.45. The number of nitrogens with zero attached hydrogens (tertiary/aromatic N) is 1. The van der Waals surface area contributed by atoms with Gasteiger partial charge < -0.3 is 10.6 Å². The minimum atomic E-state index is 0.439. The van der Waals surface area contributed by atoms with Crippen LogP contribution in [-0.4, -0.2) is 19.5 Å². The van der Waals surface area contributed by atoms with Crippen LogP contribution in [0.1, 0.15) is 11.1 Å². The zero-order valence-corrected chi connectivity index (χ0v) is 11.1. The summed E-state index contributed by atoms with van der Waals surface area (Å²) in [5.74, 6) is 6.19. The van der Waals surface area contributed by atoms with Gasteiger partial charge in [0.15, 0.2) is 0 Å². The van der Waals surface area contributed by atoms with E-state index in [4.69, 9.17) is 5.73 Å². The minimum Gasteiger partial charge on any atom is -0.329 e. The molecule has 0 saturated carbocycles. The number of carbonyl (C=O) groups is 1. The molecule has 0 heterocycles. The molecular formula is C17H16N2O. The van der Waals surface area contributed by atoms with Crippen molar-refractivity contribution in [1.29, 1.82) is 0 Å². The highest BCUT2D eigenvalue weighted by molar-refractivity contribution is 5.75. The number of benzene rings is 2. The number of carbonyl (C=O) groups excluding carboxylic acids is 1. The molecule has 0 aromatic heterocycles. The van der Waals surface area contributed by atoms with Crippen molar-refractivity contribution in [3.05, 3.63) is 65.7 Å². The third-order valence-electron chi connectivity index (χ3n) is 2.82. The lowest BCUT2D eigenvalue weighted by Gasteiger charge is -2.15. The largest absolute Gasteiger partial charge is 0.329 e. The lowest BCUT2D eigenvalue weighted by Crippen LogP contribution is -2.27. The monoisotopic (exact) mass is 264 g/mol. The van der Waals surface area contributed by atoms with Crippen LogP contribution in [0.5, 0.6) is 0 Å². The lowest BCUT2D eigenvalue weighted by atomic mass is 10.1. The van der Waals surface area contributed by atoms with Crippen molar-refractivity contribution in [2.24, 2.45) is 5.73 Å². The van der Waals surface area contributed by atoms with Crippen molar-refractivity contribution in [3.63, 3.8) is 0 Å². The molecular weight excluding hydrogens is 248 g/mol. The zero-order chi connectivity index (χ0) is 14.2. The van der Waals surface area contributed by atoms with Gasteiger partial charge in [0.05, 0.1) is 0 Å². The van der Waals surface area contributed by atoms with Crippen molar-refractivity contribution in [1.82, 2.24) is 0 Å². The van der Waals surface area contributed by atoms with E-state index in [0.717, 1.165) is 23.2 Å². The van der Waals surface area contributed by atoms with Crippen LogP contribution in [0, 0.1) is 11.8 Å². The summed E-state index contributed by atoms with van der Waals surface area (Å²) in [5.41, 5.74) is 8.18. The third kappa shape index (κ3) is 3.71. The quantitative estimate of drug-likeness (QED) is 0.678. The molecule has 2 aromatic rings. The molecule has 0 aliphatic carbocycles. The van der Waals surface area contributed by atoms with E-state index in [1.165, 1.54) is 0 Å². The standard InChI is InChI=1S/C17H16N2O/c18-12-13-19(14-20)17-10-8-16(9-11-17)7-6-15-4-2-1-3-5-15/h1-5,8-11,14H,12-13,18H2. The van der Waals surface area contributed by atoms with E-state index in [1.807, 2.05) is 54.6 Å². The van der Waals surface area contributed by atoms with Crippen molar-refractivity contribution in [2.45, 2.75) is 0 Å². The van der Waals surface area contributed by atoms with E-state index in [-0.39, 0.29) is 0 Å². The van der Waals surface area contributed by atoms with Gasteiger partial charge in [0, 0.05) is 29.9 Å². The van der Waals surface area contributed by atoms with E-state index < -0.39 is 0 Å². The van der Waals surface area contributed by atoms with Gasteiger partial charge in [-0.15, -0.1) is 0 Å². The zero-order valence-electron chi connectivity index (χ0n) is 11.1. The summed E-state index contributed by atoms with van der Waals surface area (Å²) in [6.45, 7) is 0.951. The molecule has 3 heteroatoms. The summed E-state index contributed by atoms with van der Waals surface area (Å²) in [7, 11) is 0. The van der Waals surface area contributed by atoms with Crippen LogP contribution < -0.4 is 10.6 Å². The smallest absolute Gasteiger partial charge is 0.214 e. The number of hydrogen-bond acceptors (Lipinski definition) is 2. The van der Waals surface area contributed by atoms with E-state index in [2.05, 4.69) is 11.8 Å². The van der Waals surface area contributed by atoms with E-state index in [0.29, 0.717) is 13.1 Å². The molecule has 0 fully saturated rings. The van der Waals surface area contributed by atoms with Crippen molar-refractivity contribution in [3.8, 4) is 11.8 Å². The van der Waals surface area contributed by atoms with Gasteiger partial charge in [-0.25, -0.2) is 0 Å². The number of anilines is 1. The van der Waals surface area contributed by atoms with Crippen LogP contribution in [0.2, 0.25) is 0 Å². The molecule has 0 saturated heterocycles. The summed E-state index contributed by atoms with van der Waals surface area (Å²) in [6, 6.07) is 17.4. The predicted octanol–water partition coefficient (Wildman–Crippen LogP) is 2.01. The summed E-state index contributed by atoms with van der Waals surface area (Å²) in [5, 5.41) is 0. The van der Waals surface area contributed by atoms with Gasteiger partial charge in [-0.1, -0.05) is 30.0 Å². The molecule has 0 spiro atoms. The summed E-state index contributed by atoms with van der Waals surface area (Å²) < 4.78 is 0. The van der Waals surface area contributed by atoms with Gasteiger partial charge in [0.25, 0.3) is 0 Å². The molecule has 0 aliphatic heterocycles. The Labute approximate surface area is 119 Å². The fraction of sp³-hybridized carbons (Fsp3) is 0.118. The molecule has 20 heavy (non-hydrogen) atoms. The highest BCUT2D eigenvalue weighted by Gasteiger charge is 2.02. The summed E-state index contributed by atoms with van der Waals surface area (Å²) in [6.07, 6.45) is 0.789. The van der Waals surface area contributed by atoms with Crippen molar-refractivity contribution in [2.75, 3.05) is 18.0 Å². The first-order valence-corrected chi connectivity index (χ1v) is 6.42. The maximum Gasteiger partial charge on any atom is 0.214 e. The van der Waals surface area contributed by atoms with Crippen LogP contribution in [0.25, 0.3) is 0 Å². The van der Waals surface area contributed by atoms with E-state index >= 15 is 0 Å². The Morgan fingerprint density at radius 2 is 1.55 bits per heavy atom. The SMILES string of the molecule is NCCN(C=O)c1ccc(C#Cc2ccccc2)cc1. The Bertz CT molecular complexity index is 609. The van der Waals surface area contributed by atoms with E-state index in [1.54, 1.807) is 4.90 Å². The Morgan fingerprint density at radius 1 is 0.950 bits per heavy atom.